The Morgan fingerprint density at radius 2 is 1.87 bits per heavy atom. The largest absolute Gasteiger partial charge is 0.349 e. The molecule has 2 aromatic carbocycles. The minimum absolute atomic E-state index is 0.0401. The van der Waals surface area contributed by atoms with Gasteiger partial charge in [-0.2, -0.15) is 0 Å². The van der Waals surface area contributed by atoms with Gasteiger partial charge in [-0.25, -0.2) is 4.39 Å². The summed E-state index contributed by atoms with van der Waals surface area (Å²) in [6, 6.07) is 14.3. The fraction of sp³-hybridized carbons (Fsp3) is 0.158. The minimum Gasteiger partial charge on any atom is -0.349 e. The number of amides is 1. The summed E-state index contributed by atoms with van der Waals surface area (Å²) in [6.45, 7) is 0. The molecule has 3 aromatic rings. The van der Waals surface area contributed by atoms with Gasteiger partial charge in [0.15, 0.2) is 0 Å². The van der Waals surface area contributed by atoms with Crippen LogP contribution in [0.25, 0.3) is 22.0 Å². The zero-order valence-electron chi connectivity index (χ0n) is 12.4. The van der Waals surface area contributed by atoms with E-state index >= 15 is 0 Å². The SMILES string of the molecule is O=C(NC1CC1)c1ccc(-c2cnc3cccc(F)c3c2)cc1. The predicted octanol–water partition coefficient (Wildman–Crippen LogP) is 3.93. The zero-order chi connectivity index (χ0) is 15.8. The van der Waals surface area contributed by atoms with E-state index in [9.17, 15) is 9.18 Å². The Bertz CT molecular complexity index is 886. The normalized spacial score (nSPS) is 14.0. The molecule has 1 amide bonds. The highest BCUT2D eigenvalue weighted by Crippen LogP contribution is 2.25. The van der Waals surface area contributed by atoms with Gasteiger partial charge in [-0.15, -0.1) is 0 Å². The molecule has 0 bridgehead atoms. The maximum absolute atomic E-state index is 13.9. The molecule has 4 heteroatoms. The molecule has 0 radical (unpaired) electrons. The number of carbonyl (C=O) groups excluding carboxylic acids is 1. The molecule has 1 saturated carbocycles. The van der Waals surface area contributed by atoms with E-state index in [1.807, 2.05) is 12.1 Å². The maximum Gasteiger partial charge on any atom is 0.251 e. The van der Waals surface area contributed by atoms with Crippen LogP contribution in [0, 0.1) is 5.82 Å². The number of nitrogens with one attached hydrogen (secondary N) is 1. The Balaban J connectivity index is 1.64. The molecule has 1 N–H and O–H groups in total. The molecular formula is C19H15FN2O. The average molecular weight is 306 g/mol. The van der Waals surface area contributed by atoms with Crippen LogP contribution in [0.3, 0.4) is 0 Å². The Labute approximate surface area is 133 Å². The Morgan fingerprint density at radius 3 is 2.61 bits per heavy atom. The van der Waals surface area contributed by atoms with E-state index in [-0.39, 0.29) is 11.7 Å². The number of fused-ring (bicyclic) bond motifs is 1. The molecule has 0 atom stereocenters. The molecule has 4 rings (SSSR count). The van der Waals surface area contributed by atoms with Gasteiger partial charge in [0.1, 0.15) is 5.82 Å². The average Bonchev–Trinajstić information content (AvgIpc) is 3.39. The lowest BCUT2D eigenvalue weighted by Crippen LogP contribution is -2.25. The number of halogens is 1. The fourth-order valence-electron chi connectivity index (χ4n) is 2.58. The molecule has 1 heterocycles. The van der Waals surface area contributed by atoms with Gasteiger partial charge in [0.25, 0.3) is 5.91 Å². The van der Waals surface area contributed by atoms with E-state index in [1.54, 1.807) is 36.5 Å². The fourth-order valence-corrected chi connectivity index (χ4v) is 2.58. The van der Waals surface area contributed by atoms with Crippen molar-refractivity contribution >= 4 is 16.8 Å². The predicted molar refractivity (Wildman–Crippen MR) is 87.6 cm³/mol. The summed E-state index contributed by atoms with van der Waals surface area (Å²) < 4.78 is 13.9. The number of benzene rings is 2. The summed E-state index contributed by atoms with van der Waals surface area (Å²) in [5.74, 6) is -0.320. The molecule has 23 heavy (non-hydrogen) atoms. The van der Waals surface area contributed by atoms with Crippen molar-refractivity contribution in [3.8, 4) is 11.1 Å². The van der Waals surface area contributed by atoms with Gasteiger partial charge in [0.2, 0.25) is 0 Å². The van der Waals surface area contributed by atoms with Gasteiger partial charge in [0, 0.05) is 28.8 Å². The molecule has 1 fully saturated rings. The maximum atomic E-state index is 13.9. The van der Waals surface area contributed by atoms with Gasteiger partial charge in [-0.3, -0.25) is 9.78 Å². The lowest BCUT2D eigenvalue weighted by atomic mass is 10.0. The highest BCUT2D eigenvalue weighted by Gasteiger charge is 2.23. The highest BCUT2D eigenvalue weighted by molar-refractivity contribution is 5.95. The number of rotatable bonds is 3. The first kappa shape index (κ1) is 13.9. The lowest BCUT2D eigenvalue weighted by Gasteiger charge is -2.06. The highest BCUT2D eigenvalue weighted by atomic mass is 19.1. The van der Waals surface area contributed by atoms with Crippen LogP contribution in [-0.2, 0) is 0 Å². The first-order valence-corrected chi connectivity index (χ1v) is 7.66. The van der Waals surface area contributed by atoms with Crippen molar-refractivity contribution in [2.24, 2.45) is 0 Å². The first-order valence-electron chi connectivity index (χ1n) is 7.66. The molecule has 114 valence electrons. The van der Waals surface area contributed by atoms with Crippen molar-refractivity contribution in [3.63, 3.8) is 0 Å². The molecule has 0 unspecified atom stereocenters. The van der Waals surface area contributed by atoms with Gasteiger partial charge in [-0.05, 0) is 48.7 Å². The number of nitrogens with zero attached hydrogens (tertiary/aromatic N) is 1. The second-order valence-corrected chi connectivity index (χ2v) is 5.86. The molecule has 1 aliphatic carbocycles. The number of hydrogen-bond acceptors (Lipinski definition) is 2. The third-order valence-corrected chi connectivity index (χ3v) is 4.07. The lowest BCUT2D eigenvalue weighted by molar-refractivity contribution is 0.0951. The van der Waals surface area contributed by atoms with Crippen molar-refractivity contribution in [1.82, 2.24) is 10.3 Å². The molecule has 1 aromatic heterocycles. The van der Waals surface area contributed by atoms with E-state index in [4.69, 9.17) is 0 Å². The summed E-state index contributed by atoms with van der Waals surface area (Å²) in [5.41, 5.74) is 3.01. The monoisotopic (exact) mass is 306 g/mol. The smallest absolute Gasteiger partial charge is 0.251 e. The molecule has 0 aliphatic heterocycles. The van der Waals surface area contributed by atoms with Crippen molar-refractivity contribution < 1.29 is 9.18 Å². The van der Waals surface area contributed by atoms with Gasteiger partial charge >= 0.3 is 0 Å². The summed E-state index contributed by atoms with van der Waals surface area (Å²) in [4.78, 5) is 16.3. The number of hydrogen-bond donors (Lipinski definition) is 1. The molecule has 0 spiro atoms. The minimum atomic E-state index is -0.280. The van der Waals surface area contributed by atoms with Gasteiger partial charge < -0.3 is 5.32 Å². The summed E-state index contributed by atoms with van der Waals surface area (Å²) >= 11 is 0. The Hall–Kier alpha value is -2.75. The summed E-state index contributed by atoms with van der Waals surface area (Å²) in [5, 5.41) is 3.46. The van der Waals surface area contributed by atoms with E-state index in [0.717, 1.165) is 24.0 Å². The number of aromatic nitrogens is 1. The van der Waals surface area contributed by atoms with Crippen LogP contribution in [-0.4, -0.2) is 16.9 Å². The van der Waals surface area contributed by atoms with E-state index in [0.29, 0.717) is 22.5 Å². The molecular weight excluding hydrogens is 291 g/mol. The summed E-state index contributed by atoms with van der Waals surface area (Å²) in [7, 11) is 0. The quantitative estimate of drug-likeness (QED) is 0.796. The van der Waals surface area contributed by atoms with E-state index < -0.39 is 0 Å². The van der Waals surface area contributed by atoms with Crippen LogP contribution in [0.2, 0.25) is 0 Å². The van der Waals surface area contributed by atoms with Crippen molar-refractivity contribution in [2.45, 2.75) is 18.9 Å². The molecule has 0 saturated heterocycles. The number of pyridine rings is 1. The third-order valence-electron chi connectivity index (χ3n) is 4.07. The topological polar surface area (TPSA) is 42.0 Å². The van der Waals surface area contributed by atoms with Crippen LogP contribution >= 0.6 is 0 Å². The van der Waals surface area contributed by atoms with Crippen LogP contribution in [0.5, 0.6) is 0 Å². The zero-order valence-corrected chi connectivity index (χ0v) is 12.4. The molecule has 3 nitrogen and oxygen atoms in total. The molecule has 1 aliphatic rings. The second kappa shape index (κ2) is 5.47. The van der Waals surface area contributed by atoms with Gasteiger partial charge in [0.05, 0.1) is 5.52 Å². The Kier molecular flexibility index (Phi) is 3.30. The van der Waals surface area contributed by atoms with Crippen LogP contribution in [0.15, 0.2) is 54.7 Å². The van der Waals surface area contributed by atoms with Crippen molar-refractivity contribution in [3.05, 3.63) is 66.1 Å². The van der Waals surface area contributed by atoms with Crippen LogP contribution < -0.4 is 5.32 Å². The van der Waals surface area contributed by atoms with E-state index in [2.05, 4.69) is 10.3 Å². The van der Waals surface area contributed by atoms with Crippen molar-refractivity contribution in [1.29, 1.82) is 0 Å². The van der Waals surface area contributed by atoms with Crippen LogP contribution in [0.1, 0.15) is 23.2 Å². The van der Waals surface area contributed by atoms with Crippen molar-refractivity contribution in [2.75, 3.05) is 0 Å². The summed E-state index contributed by atoms with van der Waals surface area (Å²) in [6.07, 6.45) is 3.86. The van der Waals surface area contributed by atoms with Crippen LogP contribution in [0.4, 0.5) is 4.39 Å². The second-order valence-electron chi connectivity index (χ2n) is 5.86. The standard InChI is InChI=1S/C19H15FN2O/c20-17-2-1-3-18-16(17)10-14(11-21-18)12-4-6-13(7-5-12)19(23)22-15-8-9-15/h1-7,10-11,15H,8-9H2,(H,22,23). The number of carbonyl (C=O) groups is 1. The van der Waals surface area contributed by atoms with Gasteiger partial charge in [-0.1, -0.05) is 18.2 Å². The van der Waals surface area contributed by atoms with E-state index in [1.165, 1.54) is 6.07 Å². The third kappa shape index (κ3) is 2.80. The Morgan fingerprint density at radius 1 is 1.09 bits per heavy atom. The first-order chi connectivity index (χ1) is 11.2.